The summed E-state index contributed by atoms with van der Waals surface area (Å²) in [5.74, 6) is -0.547. The molecule has 1 aliphatic heterocycles. The van der Waals surface area contributed by atoms with Gasteiger partial charge in [0.2, 0.25) is 11.8 Å². The molecule has 0 aliphatic carbocycles. The van der Waals surface area contributed by atoms with Crippen LogP contribution in [0.2, 0.25) is 0 Å². The van der Waals surface area contributed by atoms with Crippen LogP contribution in [0, 0.1) is 0 Å². The Morgan fingerprint density at radius 3 is 2.48 bits per heavy atom. The van der Waals surface area contributed by atoms with Crippen molar-refractivity contribution in [3.05, 3.63) is 59.7 Å². The van der Waals surface area contributed by atoms with Gasteiger partial charge in [0.15, 0.2) is 0 Å². The number of amides is 2. The van der Waals surface area contributed by atoms with Gasteiger partial charge in [-0.25, -0.2) is 0 Å². The fourth-order valence-corrected chi connectivity index (χ4v) is 3.49. The molecule has 0 fully saturated rings. The summed E-state index contributed by atoms with van der Waals surface area (Å²) in [6.07, 6.45) is 2.55. The zero-order chi connectivity index (χ0) is 17.8. The third-order valence-electron chi connectivity index (χ3n) is 4.39. The zero-order valence-electron chi connectivity index (χ0n) is 14.1. The molecule has 0 saturated carbocycles. The second-order valence-corrected chi connectivity index (χ2v) is 6.95. The first-order valence-corrected chi connectivity index (χ1v) is 9.33. The molecule has 130 valence electrons. The minimum atomic E-state index is -0.459. The highest BCUT2D eigenvalue weighted by molar-refractivity contribution is 7.98. The second kappa shape index (κ2) is 7.72. The predicted octanol–water partition coefficient (Wildman–Crippen LogP) is 2.26. The number of benzene rings is 2. The normalized spacial score (nSPS) is 16.9. The molecule has 3 N–H and O–H groups in total. The van der Waals surface area contributed by atoms with Crippen LogP contribution in [-0.4, -0.2) is 35.6 Å². The van der Waals surface area contributed by atoms with Gasteiger partial charge in [-0.05, 0) is 48.1 Å². The third-order valence-corrected chi connectivity index (χ3v) is 5.14. The maximum absolute atomic E-state index is 12.4. The first-order chi connectivity index (χ1) is 12.1. The maximum atomic E-state index is 12.4. The van der Waals surface area contributed by atoms with Gasteiger partial charge in [-0.1, -0.05) is 24.3 Å². The van der Waals surface area contributed by atoms with Gasteiger partial charge in [0, 0.05) is 17.1 Å². The van der Waals surface area contributed by atoms with Crippen LogP contribution >= 0.6 is 11.8 Å². The van der Waals surface area contributed by atoms with Crippen LogP contribution < -0.4 is 11.1 Å². The van der Waals surface area contributed by atoms with E-state index >= 15 is 0 Å². The van der Waals surface area contributed by atoms with Crippen molar-refractivity contribution >= 4 is 29.3 Å². The van der Waals surface area contributed by atoms with Crippen molar-refractivity contribution in [1.82, 2.24) is 4.90 Å². The average molecular weight is 355 g/mol. The fourth-order valence-electron chi connectivity index (χ4n) is 3.08. The molecule has 2 aromatic carbocycles. The number of primary amides is 1. The number of nitrogens with two attached hydrogens (primary N) is 1. The Morgan fingerprint density at radius 2 is 1.84 bits per heavy atom. The molecule has 0 bridgehead atoms. The number of hydrogen-bond donors (Lipinski definition) is 2. The molecule has 1 atom stereocenters. The highest BCUT2D eigenvalue weighted by Crippen LogP contribution is 2.23. The van der Waals surface area contributed by atoms with Crippen LogP contribution in [0.4, 0.5) is 5.69 Å². The van der Waals surface area contributed by atoms with E-state index < -0.39 is 11.9 Å². The molecule has 2 amide bonds. The molecule has 3 rings (SSSR count). The van der Waals surface area contributed by atoms with E-state index in [1.165, 1.54) is 0 Å². The van der Waals surface area contributed by atoms with E-state index in [1.54, 1.807) is 11.8 Å². The summed E-state index contributed by atoms with van der Waals surface area (Å²) in [7, 11) is 0. The van der Waals surface area contributed by atoms with Crippen LogP contribution in [0.1, 0.15) is 11.1 Å². The van der Waals surface area contributed by atoms with Crippen molar-refractivity contribution in [1.29, 1.82) is 0 Å². The molecule has 25 heavy (non-hydrogen) atoms. The van der Waals surface area contributed by atoms with Crippen molar-refractivity contribution in [2.75, 3.05) is 18.1 Å². The van der Waals surface area contributed by atoms with Gasteiger partial charge in [0.05, 0.1) is 12.6 Å². The summed E-state index contributed by atoms with van der Waals surface area (Å²) in [6, 6.07) is 15.2. The number of nitrogens with one attached hydrogen (secondary N) is 1. The Kier molecular flexibility index (Phi) is 5.40. The quantitative estimate of drug-likeness (QED) is 0.807. The van der Waals surface area contributed by atoms with E-state index in [9.17, 15) is 9.59 Å². The van der Waals surface area contributed by atoms with Gasteiger partial charge in [-0.15, -0.1) is 11.8 Å². The lowest BCUT2D eigenvalue weighted by atomic mass is 9.93. The molecule has 0 radical (unpaired) electrons. The number of hydrogen-bond acceptors (Lipinski definition) is 4. The molecule has 0 aromatic heterocycles. The van der Waals surface area contributed by atoms with Gasteiger partial charge in [-0.2, -0.15) is 0 Å². The molecule has 5 nitrogen and oxygen atoms in total. The van der Waals surface area contributed by atoms with Crippen molar-refractivity contribution in [3.63, 3.8) is 0 Å². The lowest BCUT2D eigenvalue weighted by Gasteiger charge is -2.34. The predicted molar refractivity (Wildman–Crippen MR) is 100 cm³/mol. The molecule has 6 heteroatoms. The summed E-state index contributed by atoms with van der Waals surface area (Å²) >= 11 is 1.65. The number of fused-ring (bicyclic) bond motifs is 1. The standard InChI is InChI=1S/C19H21N3O2S/c1-25-16-8-6-15(7-9-16)21-18(23)12-22-11-14-5-3-2-4-13(14)10-17(22)19(20)24/h2-9,17H,10-12H2,1H3,(H2,20,24)(H,21,23). The Labute approximate surface area is 151 Å². The Hall–Kier alpha value is -2.31. The van der Waals surface area contributed by atoms with Crippen LogP contribution in [-0.2, 0) is 22.6 Å². The van der Waals surface area contributed by atoms with Gasteiger partial charge >= 0.3 is 0 Å². The van der Waals surface area contributed by atoms with E-state index in [0.717, 1.165) is 21.7 Å². The zero-order valence-corrected chi connectivity index (χ0v) is 14.9. The van der Waals surface area contributed by atoms with E-state index in [1.807, 2.05) is 59.7 Å². The Morgan fingerprint density at radius 1 is 1.16 bits per heavy atom. The lowest BCUT2D eigenvalue weighted by Crippen LogP contribution is -2.50. The number of thioether (sulfide) groups is 1. The SMILES string of the molecule is CSc1ccc(NC(=O)CN2Cc3ccccc3CC2C(N)=O)cc1. The fraction of sp³-hybridized carbons (Fsp3) is 0.263. The minimum Gasteiger partial charge on any atom is -0.368 e. The number of carbonyl (C=O) groups excluding carboxylic acids is 2. The van der Waals surface area contributed by atoms with Crippen molar-refractivity contribution in [2.24, 2.45) is 5.73 Å². The van der Waals surface area contributed by atoms with Gasteiger partial charge in [0.25, 0.3) is 0 Å². The summed E-state index contributed by atoms with van der Waals surface area (Å²) in [4.78, 5) is 27.2. The molecule has 1 unspecified atom stereocenters. The van der Waals surface area contributed by atoms with E-state index in [-0.39, 0.29) is 12.5 Å². The summed E-state index contributed by atoms with van der Waals surface area (Å²) < 4.78 is 0. The number of anilines is 1. The van der Waals surface area contributed by atoms with E-state index in [0.29, 0.717) is 13.0 Å². The van der Waals surface area contributed by atoms with E-state index in [2.05, 4.69) is 5.32 Å². The number of nitrogens with zero attached hydrogens (tertiary/aromatic N) is 1. The summed E-state index contributed by atoms with van der Waals surface area (Å²) in [5, 5.41) is 2.88. The molecule has 2 aromatic rings. The molecule has 0 spiro atoms. The molecular formula is C19H21N3O2S. The average Bonchev–Trinajstić information content (AvgIpc) is 2.61. The maximum Gasteiger partial charge on any atom is 0.238 e. The van der Waals surface area contributed by atoms with Gasteiger partial charge < -0.3 is 11.1 Å². The number of carbonyl (C=O) groups is 2. The van der Waals surface area contributed by atoms with E-state index in [4.69, 9.17) is 5.73 Å². The van der Waals surface area contributed by atoms with Gasteiger partial charge in [-0.3, -0.25) is 14.5 Å². The van der Waals surface area contributed by atoms with Crippen LogP contribution in [0.15, 0.2) is 53.4 Å². The summed E-state index contributed by atoms with van der Waals surface area (Å²) in [6.45, 7) is 0.675. The van der Waals surface area contributed by atoms with Crippen LogP contribution in [0.25, 0.3) is 0 Å². The molecular weight excluding hydrogens is 334 g/mol. The van der Waals surface area contributed by atoms with Crippen LogP contribution in [0.5, 0.6) is 0 Å². The monoisotopic (exact) mass is 355 g/mol. The topological polar surface area (TPSA) is 75.4 Å². The van der Waals surface area contributed by atoms with Crippen molar-refractivity contribution in [3.8, 4) is 0 Å². The first kappa shape index (κ1) is 17.5. The molecule has 1 aliphatic rings. The molecule has 1 heterocycles. The second-order valence-electron chi connectivity index (χ2n) is 6.07. The van der Waals surface area contributed by atoms with Crippen molar-refractivity contribution < 1.29 is 9.59 Å². The Bertz CT molecular complexity index is 776. The van der Waals surface area contributed by atoms with Crippen LogP contribution in [0.3, 0.4) is 0 Å². The highest BCUT2D eigenvalue weighted by Gasteiger charge is 2.31. The van der Waals surface area contributed by atoms with Crippen molar-refractivity contribution in [2.45, 2.75) is 23.9 Å². The first-order valence-electron chi connectivity index (χ1n) is 8.11. The third kappa shape index (κ3) is 4.21. The van der Waals surface area contributed by atoms with Gasteiger partial charge in [0.1, 0.15) is 0 Å². The molecule has 0 saturated heterocycles. The number of rotatable bonds is 5. The lowest BCUT2D eigenvalue weighted by molar-refractivity contribution is -0.125. The largest absolute Gasteiger partial charge is 0.368 e. The highest BCUT2D eigenvalue weighted by atomic mass is 32.2. The summed E-state index contributed by atoms with van der Waals surface area (Å²) in [5.41, 5.74) is 8.56. The Balaban J connectivity index is 1.69. The smallest absolute Gasteiger partial charge is 0.238 e. The minimum absolute atomic E-state index is 0.131.